The molecule has 0 aromatic heterocycles. The molecule has 0 bridgehead atoms. The van der Waals surface area contributed by atoms with Crippen LogP contribution >= 0.6 is 0 Å². The molecule has 1 aromatic carbocycles. The Hall–Kier alpha value is -2.48. The first kappa shape index (κ1) is 16.6. The lowest BCUT2D eigenvalue weighted by atomic mass is 10.1. The van der Waals surface area contributed by atoms with Gasteiger partial charge in [0.05, 0.1) is 17.4 Å². The van der Waals surface area contributed by atoms with Gasteiger partial charge in [-0.25, -0.2) is 0 Å². The lowest BCUT2D eigenvalue weighted by Crippen LogP contribution is -2.34. The second-order valence-electron chi connectivity index (χ2n) is 4.44. The molecule has 0 aliphatic heterocycles. The summed E-state index contributed by atoms with van der Waals surface area (Å²) in [6.45, 7) is 1.66. The van der Waals surface area contributed by atoms with Crippen molar-refractivity contribution in [1.29, 1.82) is 0 Å². The smallest absolute Gasteiger partial charge is 0.306 e. The van der Waals surface area contributed by atoms with Crippen molar-refractivity contribution >= 4 is 17.6 Å². The Bertz CT molecular complexity index is 558. The number of ether oxygens (including phenoxy) is 1. The van der Waals surface area contributed by atoms with Gasteiger partial charge in [0, 0.05) is 19.7 Å². The second kappa shape index (κ2) is 7.34. The number of rotatable bonds is 7. The number of benzene rings is 1. The molecule has 1 atom stereocenters. The summed E-state index contributed by atoms with van der Waals surface area (Å²) in [6.07, 6.45) is -0.970. The molecule has 0 saturated heterocycles. The van der Waals surface area contributed by atoms with Gasteiger partial charge >= 0.3 is 5.97 Å². The number of hydrogen-bond acceptors (Lipinski definition) is 5. The summed E-state index contributed by atoms with van der Waals surface area (Å²) >= 11 is 0. The predicted molar refractivity (Wildman–Crippen MR) is 73.2 cm³/mol. The van der Waals surface area contributed by atoms with Crippen LogP contribution in [0.5, 0.6) is 0 Å². The van der Waals surface area contributed by atoms with E-state index in [0.717, 1.165) is 0 Å². The number of carboxylic acid groups (broad SMARTS) is 1. The van der Waals surface area contributed by atoms with Crippen molar-refractivity contribution in [3.05, 3.63) is 39.4 Å². The average molecular weight is 296 g/mol. The summed E-state index contributed by atoms with van der Waals surface area (Å²) < 4.78 is 4.92. The highest BCUT2D eigenvalue weighted by Crippen LogP contribution is 2.19. The number of nitrogens with zero attached hydrogens (tertiary/aromatic N) is 1. The lowest BCUT2D eigenvalue weighted by molar-refractivity contribution is -0.385. The highest BCUT2D eigenvalue weighted by molar-refractivity contribution is 5.98. The van der Waals surface area contributed by atoms with Gasteiger partial charge in [-0.15, -0.1) is 0 Å². The lowest BCUT2D eigenvalue weighted by Gasteiger charge is -2.14. The van der Waals surface area contributed by atoms with Crippen LogP contribution in [0.4, 0.5) is 5.69 Å². The number of nitro benzene ring substituents is 1. The second-order valence-corrected chi connectivity index (χ2v) is 4.44. The van der Waals surface area contributed by atoms with E-state index in [-0.39, 0.29) is 24.2 Å². The number of carboxylic acids is 1. The minimum atomic E-state index is -1.06. The number of amides is 1. The number of nitrogens with one attached hydrogen (secondary N) is 1. The van der Waals surface area contributed by atoms with E-state index in [9.17, 15) is 19.7 Å². The van der Waals surface area contributed by atoms with Crippen LogP contribution in [-0.2, 0) is 9.53 Å². The van der Waals surface area contributed by atoms with E-state index in [2.05, 4.69) is 5.32 Å². The first-order valence-electron chi connectivity index (χ1n) is 6.13. The molecule has 0 aliphatic rings. The highest BCUT2D eigenvalue weighted by Gasteiger charge is 2.21. The van der Waals surface area contributed by atoms with Crippen molar-refractivity contribution in [3.8, 4) is 0 Å². The van der Waals surface area contributed by atoms with Crippen LogP contribution in [0.3, 0.4) is 0 Å². The molecule has 0 fully saturated rings. The third kappa shape index (κ3) is 4.84. The molecule has 8 nitrogen and oxygen atoms in total. The first-order valence-corrected chi connectivity index (χ1v) is 6.13. The molecule has 0 radical (unpaired) electrons. The van der Waals surface area contributed by atoms with Crippen molar-refractivity contribution in [2.45, 2.75) is 19.4 Å². The predicted octanol–water partition coefficient (Wildman–Crippen LogP) is 1.12. The summed E-state index contributed by atoms with van der Waals surface area (Å²) in [5.41, 5.74) is 0.343. The topological polar surface area (TPSA) is 119 Å². The van der Waals surface area contributed by atoms with Crippen LogP contribution in [0.2, 0.25) is 0 Å². The maximum atomic E-state index is 12.0. The standard InChI is InChI=1S/C13H16N2O6/c1-8-3-4-11(15(19)20)10(5-8)13(18)14-7-9(21-2)6-12(16)17/h3-5,9H,6-7H2,1-2H3,(H,14,18)(H,16,17). The summed E-state index contributed by atoms with van der Waals surface area (Å²) in [5, 5.41) is 22.0. The summed E-state index contributed by atoms with van der Waals surface area (Å²) in [4.78, 5) is 32.9. The fraction of sp³-hybridized carbons (Fsp3) is 0.385. The van der Waals surface area contributed by atoms with Crippen molar-refractivity contribution in [1.82, 2.24) is 5.32 Å². The Morgan fingerprint density at radius 1 is 1.48 bits per heavy atom. The molecule has 0 aliphatic carbocycles. The minimum absolute atomic E-state index is 0.0489. The van der Waals surface area contributed by atoms with Crippen LogP contribution in [-0.4, -0.2) is 41.7 Å². The molecule has 2 N–H and O–H groups in total. The average Bonchev–Trinajstić information content (AvgIpc) is 2.42. The molecule has 1 rings (SSSR count). The molecule has 1 unspecified atom stereocenters. The van der Waals surface area contributed by atoms with Gasteiger partial charge < -0.3 is 15.2 Å². The van der Waals surface area contributed by atoms with E-state index >= 15 is 0 Å². The van der Waals surface area contributed by atoms with E-state index in [0.29, 0.717) is 5.56 Å². The van der Waals surface area contributed by atoms with E-state index in [4.69, 9.17) is 9.84 Å². The zero-order chi connectivity index (χ0) is 16.0. The molecule has 114 valence electrons. The van der Waals surface area contributed by atoms with Crippen molar-refractivity contribution in [3.63, 3.8) is 0 Å². The van der Waals surface area contributed by atoms with Gasteiger partial charge in [-0.3, -0.25) is 19.7 Å². The summed E-state index contributed by atoms with van der Waals surface area (Å²) in [7, 11) is 1.33. The van der Waals surface area contributed by atoms with E-state index in [1.807, 2.05) is 0 Å². The molecule has 0 saturated carbocycles. The number of methoxy groups -OCH3 is 1. The van der Waals surface area contributed by atoms with Gasteiger partial charge in [0.2, 0.25) is 0 Å². The van der Waals surface area contributed by atoms with Crippen LogP contribution in [0.1, 0.15) is 22.3 Å². The minimum Gasteiger partial charge on any atom is -0.481 e. The molecule has 1 aromatic rings. The Balaban J connectivity index is 2.82. The third-order valence-electron chi connectivity index (χ3n) is 2.82. The van der Waals surface area contributed by atoms with E-state index in [1.54, 1.807) is 6.92 Å². The Morgan fingerprint density at radius 2 is 2.14 bits per heavy atom. The summed E-state index contributed by atoms with van der Waals surface area (Å²) in [5.74, 6) is -1.70. The molecule has 1 amide bonds. The maximum absolute atomic E-state index is 12.0. The Morgan fingerprint density at radius 3 is 2.67 bits per heavy atom. The van der Waals surface area contributed by atoms with Crippen LogP contribution < -0.4 is 5.32 Å². The number of nitro groups is 1. The normalized spacial score (nSPS) is 11.7. The maximum Gasteiger partial charge on any atom is 0.306 e. The molecular formula is C13H16N2O6. The zero-order valence-electron chi connectivity index (χ0n) is 11.7. The monoisotopic (exact) mass is 296 g/mol. The van der Waals surface area contributed by atoms with Gasteiger partial charge in [-0.05, 0) is 18.6 Å². The molecular weight excluding hydrogens is 280 g/mol. The number of aryl methyl sites for hydroxylation is 1. The van der Waals surface area contributed by atoms with Crippen LogP contribution in [0.15, 0.2) is 18.2 Å². The van der Waals surface area contributed by atoms with Crippen LogP contribution in [0, 0.1) is 17.0 Å². The quantitative estimate of drug-likeness (QED) is 0.575. The van der Waals surface area contributed by atoms with Gasteiger partial charge in [0.1, 0.15) is 5.56 Å². The van der Waals surface area contributed by atoms with Gasteiger partial charge in [0.15, 0.2) is 0 Å². The van der Waals surface area contributed by atoms with Gasteiger partial charge in [-0.1, -0.05) is 6.07 Å². The van der Waals surface area contributed by atoms with Crippen molar-refractivity contribution in [2.75, 3.05) is 13.7 Å². The molecule has 0 spiro atoms. The molecule has 21 heavy (non-hydrogen) atoms. The zero-order valence-corrected chi connectivity index (χ0v) is 11.7. The van der Waals surface area contributed by atoms with Crippen molar-refractivity contribution < 1.29 is 24.4 Å². The van der Waals surface area contributed by atoms with Gasteiger partial charge in [-0.2, -0.15) is 0 Å². The fourth-order valence-electron chi connectivity index (χ4n) is 1.73. The largest absolute Gasteiger partial charge is 0.481 e. The number of aliphatic carboxylic acids is 1. The van der Waals surface area contributed by atoms with Crippen LogP contribution in [0.25, 0.3) is 0 Å². The summed E-state index contributed by atoms with van der Waals surface area (Å²) in [6, 6.07) is 4.21. The highest BCUT2D eigenvalue weighted by atomic mass is 16.6. The van der Waals surface area contributed by atoms with Gasteiger partial charge in [0.25, 0.3) is 11.6 Å². The Kier molecular flexibility index (Phi) is 5.79. The van der Waals surface area contributed by atoms with E-state index < -0.39 is 22.9 Å². The third-order valence-corrected chi connectivity index (χ3v) is 2.82. The number of carbonyl (C=O) groups excluding carboxylic acids is 1. The van der Waals surface area contributed by atoms with Crippen molar-refractivity contribution in [2.24, 2.45) is 0 Å². The first-order chi connectivity index (χ1) is 9.85. The number of carbonyl (C=O) groups is 2. The number of hydrogen-bond donors (Lipinski definition) is 2. The molecule has 8 heteroatoms. The SMILES string of the molecule is COC(CNC(=O)c1cc(C)ccc1[N+](=O)[O-])CC(=O)O. The Labute approximate surface area is 120 Å². The fourth-order valence-corrected chi connectivity index (χ4v) is 1.73. The van der Waals surface area contributed by atoms with E-state index in [1.165, 1.54) is 25.3 Å². The molecule has 0 heterocycles.